The summed E-state index contributed by atoms with van der Waals surface area (Å²) in [5.74, 6) is -0.0501. The maximum atomic E-state index is 12.5. The monoisotopic (exact) mass is 1220 g/mol. The van der Waals surface area contributed by atoms with Gasteiger partial charge in [0.15, 0.2) is 0 Å². The Kier molecular flexibility index (Phi) is 74.8. The van der Waals surface area contributed by atoms with Crippen molar-refractivity contribution in [3.63, 3.8) is 0 Å². The second-order valence-corrected chi connectivity index (χ2v) is 27.4. The van der Waals surface area contributed by atoms with Crippen molar-refractivity contribution in [2.45, 2.75) is 456 Å². The number of unbranched alkanes of at least 4 members (excludes halogenated alkanes) is 60. The van der Waals surface area contributed by atoms with Gasteiger partial charge >= 0.3 is 5.97 Å². The van der Waals surface area contributed by atoms with E-state index in [4.69, 9.17) is 4.74 Å². The van der Waals surface area contributed by atoms with Crippen molar-refractivity contribution >= 4 is 11.9 Å². The van der Waals surface area contributed by atoms with Gasteiger partial charge in [-0.2, -0.15) is 0 Å². The molecule has 1 amide bonds. The van der Waals surface area contributed by atoms with Crippen LogP contribution in [-0.2, 0) is 14.3 Å². The van der Waals surface area contributed by atoms with Crippen LogP contribution in [-0.4, -0.2) is 47.4 Å². The van der Waals surface area contributed by atoms with Gasteiger partial charge in [-0.25, -0.2) is 0 Å². The Bertz CT molecular complexity index is 1410. The first-order chi connectivity index (χ1) is 43.0. The van der Waals surface area contributed by atoms with Crippen LogP contribution in [0.1, 0.15) is 444 Å². The van der Waals surface area contributed by atoms with Gasteiger partial charge in [0.1, 0.15) is 0 Å². The van der Waals surface area contributed by atoms with Crippen molar-refractivity contribution in [2.24, 2.45) is 0 Å². The maximum absolute atomic E-state index is 12.5. The average molecular weight is 1220 g/mol. The largest absolute Gasteiger partial charge is 0.466 e. The highest BCUT2D eigenvalue weighted by Gasteiger charge is 2.18. The highest BCUT2D eigenvalue weighted by atomic mass is 16.5. The zero-order valence-electron chi connectivity index (χ0n) is 59.0. The molecule has 0 aromatic heterocycles. The number of carbonyl (C=O) groups excluding carboxylic acids is 2. The van der Waals surface area contributed by atoms with E-state index in [1.54, 1.807) is 6.08 Å². The average Bonchev–Trinajstić information content (AvgIpc) is 3.55. The van der Waals surface area contributed by atoms with Crippen LogP contribution >= 0.6 is 0 Å². The number of hydrogen-bond acceptors (Lipinski definition) is 5. The number of hydrogen-bond donors (Lipinski definition) is 3. The standard InChI is InChI=1S/C81H155NO5/c1-3-5-7-9-11-13-15-17-19-21-22-36-39-42-45-49-53-57-61-65-69-73-79(84)78(77-83)82-80(85)74-70-66-62-58-54-50-46-43-40-37-34-32-30-28-26-24-23-25-27-29-31-33-35-38-41-44-48-52-56-60-64-68-72-76-87-81(86)75-71-67-63-59-55-51-47-20-18-16-14-12-10-8-6-4-2/h14,16,20,47,69,73,78-79,83-84H,3-13,15,17-19,21-46,48-68,70-72,74-77H2,1-2H3,(H,82,85)/b16-14-,47-20-,73-69+. The molecule has 0 saturated heterocycles. The number of esters is 1. The molecular formula is C81H155NO5. The second kappa shape index (κ2) is 76.5. The maximum Gasteiger partial charge on any atom is 0.305 e. The summed E-state index contributed by atoms with van der Waals surface area (Å²) in [5, 5.41) is 23.3. The van der Waals surface area contributed by atoms with Crippen LogP contribution in [0.2, 0.25) is 0 Å². The van der Waals surface area contributed by atoms with Gasteiger partial charge in [0.2, 0.25) is 5.91 Å². The fourth-order valence-corrected chi connectivity index (χ4v) is 12.6. The Morgan fingerprint density at radius 2 is 0.575 bits per heavy atom. The number of aliphatic hydroxyl groups excluding tert-OH is 2. The smallest absolute Gasteiger partial charge is 0.305 e. The molecule has 0 aromatic carbocycles. The quantitative estimate of drug-likeness (QED) is 0.0320. The van der Waals surface area contributed by atoms with E-state index >= 15 is 0 Å². The molecule has 0 aromatic rings. The predicted octanol–water partition coefficient (Wildman–Crippen LogP) is 26.2. The molecule has 0 bridgehead atoms. The first-order valence-electron chi connectivity index (χ1n) is 39.8. The minimum atomic E-state index is -0.842. The Hall–Kier alpha value is -1.92. The van der Waals surface area contributed by atoms with Crippen LogP contribution in [0.3, 0.4) is 0 Å². The molecule has 6 nitrogen and oxygen atoms in total. The fraction of sp³-hybridized carbons (Fsp3) is 0.901. The molecule has 0 heterocycles. The molecule has 3 N–H and O–H groups in total. The molecule has 0 rings (SSSR count). The predicted molar refractivity (Wildman–Crippen MR) is 384 cm³/mol. The fourth-order valence-electron chi connectivity index (χ4n) is 12.6. The Morgan fingerprint density at radius 3 is 0.885 bits per heavy atom. The normalized spacial score (nSPS) is 12.6. The molecule has 514 valence electrons. The third-order valence-electron chi connectivity index (χ3n) is 18.7. The number of ether oxygens (including phenoxy) is 1. The van der Waals surface area contributed by atoms with Crippen LogP contribution in [0.15, 0.2) is 36.5 Å². The van der Waals surface area contributed by atoms with Crippen LogP contribution in [0.4, 0.5) is 0 Å². The van der Waals surface area contributed by atoms with Crippen molar-refractivity contribution in [1.29, 1.82) is 0 Å². The first kappa shape index (κ1) is 85.1. The van der Waals surface area contributed by atoms with Gasteiger partial charge in [0.05, 0.1) is 25.4 Å². The van der Waals surface area contributed by atoms with E-state index in [0.717, 1.165) is 51.4 Å². The number of rotatable bonds is 75. The highest BCUT2D eigenvalue weighted by molar-refractivity contribution is 5.76. The number of amides is 1. The minimum Gasteiger partial charge on any atom is -0.466 e. The summed E-state index contributed by atoms with van der Waals surface area (Å²) in [6, 6.07) is -0.625. The number of nitrogens with one attached hydrogen (secondary N) is 1. The van der Waals surface area contributed by atoms with E-state index in [-0.39, 0.29) is 18.5 Å². The molecule has 0 aliphatic carbocycles. The van der Waals surface area contributed by atoms with Crippen molar-refractivity contribution in [2.75, 3.05) is 13.2 Å². The van der Waals surface area contributed by atoms with E-state index in [2.05, 4.69) is 43.5 Å². The van der Waals surface area contributed by atoms with Gasteiger partial charge in [-0.3, -0.25) is 9.59 Å². The van der Waals surface area contributed by atoms with Gasteiger partial charge in [0.25, 0.3) is 0 Å². The van der Waals surface area contributed by atoms with E-state index in [1.165, 1.54) is 366 Å². The van der Waals surface area contributed by atoms with E-state index < -0.39 is 12.1 Å². The molecule has 0 aliphatic rings. The lowest BCUT2D eigenvalue weighted by molar-refractivity contribution is -0.143. The number of allylic oxidation sites excluding steroid dienone is 5. The van der Waals surface area contributed by atoms with E-state index in [1.807, 2.05) is 6.08 Å². The van der Waals surface area contributed by atoms with Gasteiger partial charge in [-0.15, -0.1) is 0 Å². The molecule has 2 unspecified atom stereocenters. The first-order valence-corrected chi connectivity index (χ1v) is 39.8. The summed E-state index contributed by atoms with van der Waals surface area (Å²) in [5.41, 5.74) is 0. The molecule has 0 radical (unpaired) electrons. The lowest BCUT2D eigenvalue weighted by atomic mass is 10.0. The van der Waals surface area contributed by atoms with Gasteiger partial charge < -0.3 is 20.3 Å². The van der Waals surface area contributed by atoms with Crippen LogP contribution < -0.4 is 5.32 Å². The van der Waals surface area contributed by atoms with Crippen molar-refractivity contribution < 1.29 is 24.5 Å². The Morgan fingerprint density at radius 1 is 0.322 bits per heavy atom. The van der Waals surface area contributed by atoms with E-state index in [9.17, 15) is 19.8 Å². The molecule has 6 heteroatoms. The summed E-state index contributed by atoms with van der Waals surface area (Å²) in [7, 11) is 0. The molecule has 0 aliphatic heterocycles. The summed E-state index contributed by atoms with van der Waals surface area (Å²) < 4.78 is 5.50. The van der Waals surface area contributed by atoms with Crippen LogP contribution in [0.25, 0.3) is 0 Å². The molecule has 87 heavy (non-hydrogen) atoms. The SMILES string of the molecule is CCCCCC/C=C\C/C=C\CCCCCCCC(=O)OCCCCCCCCCCCCCCCCCCCCCCCCCCCCCCCCCCCC(=O)NC(CO)C(O)/C=C/CCCCCCCCCCCCCCCCCCCCC. The number of carbonyl (C=O) groups is 2. The molecule has 0 saturated carbocycles. The summed E-state index contributed by atoms with van der Waals surface area (Å²) in [6.45, 7) is 4.93. The molecule has 2 atom stereocenters. The van der Waals surface area contributed by atoms with Gasteiger partial charge in [-0.1, -0.05) is 403 Å². The number of aliphatic hydroxyl groups is 2. The van der Waals surface area contributed by atoms with Crippen molar-refractivity contribution in [3.05, 3.63) is 36.5 Å². The van der Waals surface area contributed by atoms with Crippen LogP contribution in [0.5, 0.6) is 0 Å². The van der Waals surface area contributed by atoms with Crippen molar-refractivity contribution in [1.82, 2.24) is 5.32 Å². The van der Waals surface area contributed by atoms with Crippen molar-refractivity contribution in [3.8, 4) is 0 Å². The summed E-state index contributed by atoms with van der Waals surface area (Å²) in [4.78, 5) is 24.6. The zero-order valence-corrected chi connectivity index (χ0v) is 59.0. The topological polar surface area (TPSA) is 95.9 Å². The van der Waals surface area contributed by atoms with Gasteiger partial charge in [-0.05, 0) is 64.2 Å². The lowest BCUT2D eigenvalue weighted by Crippen LogP contribution is -2.45. The summed E-state index contributed by atoms with van der Waals surface area (Å²) >= 11 is 0. The van der Waals surface area contributed by atoms with E-state index in [0.29, 0.717) is 19.4 Å². The molecule has 0 spiro atoms. The highest BCUT2D eigenvalue weighted by Crippen LogP contribution is 2.20. The lowest BCUT2D eigenvalue weighted by Gasteiger charge is -2.20. The Labute approximate surface area is 544 Å². The Balaban J connectivity index is 3.35. The third kappa shape index (κ3) is 73.0. The van der Waals surface area contributed by atoms with Crippen LogP contribution in [0, 0.1) is 0 Å². The van der Waals surface area contributed by atoms with Gasteiger partial charge in [0, 0.05) is 12.8 Å². The molecule has 0 fully saturated rings. The third-order valence-corrected chi connectivity index (χ3v) is 18.7. The molecular weight excluding hydrogens is 1070 g/mol. The minimum absolute atomic E-state index is 0.00863. The summed E-state index contributed by atoms with van der Waals surface area (Å²) in [6.07, 6.45) is 99.8. The zero-order chi connectivity index (χ0) is 62.8. The second-order valence-electron chi connectivity index (χ2n) is 27.4.